The molecular weight excluding hydrogens is 398 g/mol. The average molecular weight is 424 g/mol. The van der Waals surface area contributed by atoms with E-state index in [0.29, 0.717) is 0 Å². The van der Waals surface area contributed by atoms with Crippen LogP contribution in [0.4, 0.5) is 0 Å². The smallest absolute Gasteiger partial charge is 0.0541 e. The van der Waals surface area contributed by atoms with Gasteiger partial charge >= 0.3 is 0 Å². The highest BCUT2D eigenvalue weighted by atomic mass is 15.0. The van der Waals surface area contributed by atoms with Crippen molar-refractivity contribution >= 4 is 54.1 Å². The van der Waals surface area contributed by atoms with Crippen molar-refractivity contribution in [1.29, 1.82) is 0 Å². The van der Waals surface area contributed by atoms with E-state index < -0.39 is 0 Å². The van der Waals surface area contributed by atoms with E-state index in [2.05, 4.69) is 122 Å². The van der Waals surface area contributed by atoms with Crippen LogP contribution in [-0.2, 0) is 5.41 Å². The van der Waals surface area contributed by atoms with Gasteiger partial charge in [0.15, 0.2) is 0 Å². The molecule has 0 amide bonds. The van der Waals surface area contributed by atoms with E-state index in [4.69, 9.17) is 0 Å². The first-order valence-corrected chi connectivity index (χ1v) is 11.7. The second-order valence-corrected chi connectivity index (χ2v) is 10.3. The third-order valence-corrected chi connectivity index (χ3v) is 7.26. The van der Waals surface area contributed by atoms with Gasteiger partial charge in [0.05, 0.1) is 16.7 Å². The lowest BCUT2D eigenvalue weighted by atomic mass is 9.83. The molecule has 0 aliphatic carbocycles. The van der Waals surface area contributed by atoms with E-state index in [-0.39, 0.29) is 5.41 Å². The molecule has 0 unspecified atom stereocenters. The van der Waals surface area contributed by atoms with Crippen LogP contribution in [0.3, 0.4) is 0 Å². The van der Waals surface area contributed by atoms with Crippen molar-refractivity contribution in [1.82, 2.24) is 4.57 Å². The SMILES string of the molecule is CC(C)(C)c1cc2ccc3ccc(-n4c5ccccc5c5ccccc54)c4ccc(c1)c2c34. The highest BCUT2D eigenvalue weighted by Crippen LogP contribution is 2.41. The maximum atomic E-state index is 2.44. The van der Waals surface area contributed by atoms with Gasteiger partial charge in [-0.1, -0.05) is 99.6 Å². The lowest BCUT2D eigenvalue weighted by molar-refractivity contribution is 0.591. The third kappa shape index (κ3) is 2.54. The van der Waals surface area contributed by atoms with Crippen molar-refractivity contribution in [3.63, 3.8) is 0 Å². The van der Waals surface area contributed by atoms with Gasteiger partial charge in [-0.2, -0.15) is 0 Å². The third-order valence-electron chi connectivity index (χ3n) is 7.26. The molecule has 0 radical (unpaired) electrons. The van der Waals surface area contributed by atoms with Crippen LogP contribution in [0.5, 0.6) is 0 Å². The number of para-hydroxylation sites is 2. The molecule has 1 heterocycles. The summed E-state index contributed by atoms with van der Waals surface area (Å²) in [7, 11) is 0. The predicted molar refractivity (Wildman–Crippen MR) is 143 cm³/mol. The van der Waals surface area contributed by atoms with Crippen LogP contribution in [0.1, 0.15) is 26.3 Å². The summed E-state index contributed by atoms with van der Waals surface area (Å²) in [5.41, 5.74) is 5.26. The highest BCUT2D eigenvalue weighted by molar-refractivity contribution is 6.25. The van der Waals surface area contributed by atoms with Crippen LogP contribution >= 0.6 is 0 Å². The van der Waals surface area contributed by atoms with Gasteiger partial charge in [-0.25, -0.2) is 0 Å². The van der Waals surface area contributed by atoms with Crippen LogP contribution in [-0.4, -0.2) is 4.57 Å². The van der Waals surface area contributed by atoms with Gasteiger partial charge in [-0.05, 0) is 56.1 Å². The average Bonchev–Trinajstić information content (AvgIpc) is 3.16. The van der Waals surface area contributed by atoms with E-state index >= 15 is 0 Å². The van der Waals surface area contributed by atoms with Crippen LogP contribution in [0.2, 0.25) is 0 Å². The molecule has 0 spiro atoms. The fourth-order valence-electron chi connectivity index (χ4n) is 5.61. The number of aromatic nitrogens is 1. The van der Waals surface area contributed by atoms with E-state index in [9.17, 15) is 0 Å². The second-order valence-electron chi connectivity index (χ2n) is 10.3. The van der Waals surface area contributed by atoms with E-state index in [1.807, 2.05) is 0 Å². The van der Waals surface area contributed by atoms with Crippen LogP contribution in [0, 0.1) is 0 Å². The topological polar surface area (TPSA) is 4.93 Å². The zero-order valence-electron chi connectivity index (χ0n) is 19.2. The zero-order chi connectivity index (χ0) is 22.3. The van der Waals surface area contributed by atoms with Gasteiger partial charge in [-0.15, -0.1) is 0 Å². The number of fused-ring (bicyclic) bond motifs is 3. The Hall–Kier alpha value is -3.84. The molecule has 0 aliphatic heterocycles. The Bertz CT molecular complexity index is 1770. The molecule has 1 heteroatoms. The lowest BCUT2D eigenvalue weighted by Crippen LogP contribution is -2.10. The summed E-state index contributed by atoms with van der Waals surface area (Å²) in [6, 6.07) is 36.1. The van der Waals surface area contributed by atoms with E-state index in [0.717, 1.165) is 0 Å². The molecule has 0 bridgehead atoms. The summed E-state index contributed by atoms with van der Waals surface area (Å²) in [5, 5.41) is 10.6. The molecule has 33 heavy (non-hydrogen) atoms. The van der Waals surface area contributed by atoms with Crippen LogP contribution < -0.4 is 0 Å². The van der Waals surface area contributed by atoms with Crippen molar-refractivity contribution in [2.45, 2.75) is 26.2 Å². The summed E-state index contributed by atoms with van der Waals surface area (Å²) in [6.45, 7) is 6.88. The van der Waals surface area contributed by atoms with E-state index in [1.54, 1.807) is 0 Å². The van der Waals surface area contributed by atoms with Crippen LogP contribution in [0.15, 0.2) is 97.1 Å². The number of benzene rings is 6. The molecular formula is C32H25N. The van der Waals surface area contributed by atoms with Gasteiger partial charge in [0, 0.05) is 16.2 Å². The van der Waals surface area contributed by atoms with Gasteiger partial charge in [0.2, 0.25) is 0 Å². The normalized spacial score (nSPS) is 12.7. The summed E-state index contributed by atoms with van der Waals surface area (Å²) in [5.74, 6) is 0. The Kier molecular flexibility index (Phi) is 3.60. The molecule has 0 aliphatic rings. The number of hydrogen-bond donors (Lipinski definition) is 0. The Balaban J connectivity index is 1.65. The Morgan fingerprint density at radius 2 is 1.06 bits per heavy atom. The fraction of sp³-hybridized carbons (Fsp3) is 0.125. The maximum absolute atomic E-state index is 2.44. The summed E-state index contributed by atoms with van der Waals surface area (Å²) in [4.78, 5) is 0. The first kappa shape index (κ1) is 18.7. The minimum absolute atomic E-state index is 0.124. The Labute approximate surface area is 193 Å². The first-order chi connectivity index (χ1) is 16.0. The van der Waals surface area contributed by atoms with E-state index in [1.165, 1.54) is 65.4 Å². The molecule has 0 saturated carbocycles. The molecule has 0 atom stereocenters. The number of hydrogen-bond acceptors (Lipinski definition) is 0. The molecule has 7 rings (SSSR count). The minimum Gasteiger partial charge on any atom is -0.309 e. The van der Waals surface area contributed by atoms with Gasteiger partial charge in [0.25, 0.3) is 0 Å². The predicted octanol–water partition coefficient (Wildman–Crippen LogP) is 8.98. The highest BCUT2D eigenvalue weighted by Gasteiger charge is 2.19. The largest absolute Gasteiger partial charge is 0.309 e. The monoisotopic (exact) mass is 423 g/mol. The summed E-state index contributed by atoms with van der Waals surface area (Å²) >= 11 is 0. The minimum atomic E-state index is 0.124. The molecule has 0 N–H and O–H groups in total. The van der Waals surface area contributed by atoms with Crippen molar-refractivity contribution in [3.05, 3.63) is 103 Å². The summed E-state index contributed by atoms with van der Waals surface area (Å²) < 4.78 is 2.44. The maximum Gasteiger partial charge on any atom is 0.0541 e. The Morgan fingerprint density at radius 1 is 0.515 bits per heavy atom. The molecule has 7 aromatic rings. The molecule has 1 nitrogen and oxygen atoms in total. The van der Waals surface area contributed by atoms with Gasteiger partial charge < -0.3 is 4.57 Å². The van der Waals surface area contributed by atoms with Gasteiger partial charge in [0.1, 0.15) is 0 Å². The molecule has 0 saturated heterocycles. The van der Waals surface area contributed by atoms with Gasteiger partial charge in [-0.3, -0.25) is 0 Å². The standard InChI is InChI=1S/C32H25N/c1-32(2,3)23-18-21-13-12-20-15-17-29(26-16-14-22(19-23)30(21)31(20)26)33-27-10-6-4-8-24(27)25-9-5-7-11-28(25)33/h4-19H,1-3H3. The zero-order valence-corrected chi connectivity index (χ0v) is 19.2. The molecule has 0 fully saturated rings. The Morgan fingerprint density at radius 3 is 1.70 bits per heavy atom. The van der Waals surface area contributed by atoms with Crippen LogP contribution in [0.25, 0.3) is 59.8 Å². The van der Waals surface area contributed by atoms with Crippen molar-refractivity contribution in [3.8, 4) is 5.69 Å². The molecule has 6 aromatic carbocycles. The quantitative estimate of drug-likeness (QED) is 0.232. The number of nitrogens with zero attached hydrogens (tertiary/aromatic N) is 1. The number of rotatable bonds is 1. The van der Waals surface area contributed by atoms with Crippen molar-refractivity contribution in [2.75, 3.05) is 0 Å². The van der Waals surface area contributed by atoms with Crippen molar-refractivity contribution in [2.24, 2.45) is 0 Å². The summed E-state index contributed by atoms with van der Waals surface area (Å²) in [6.07, 6.45) is 0. The lowest BCUT2D eigenvalue weighted by Gasteiger charge is -2.22. The first-order valence-electron chi connectivity index (χ1n) is 11.7. The molecule has 1 aromatic heterocycles. The van der Waals surface area contributed by atoms with Crippen molar-refractivity contribution < 1.29 is 0 Å². The molecule has 158 valence electrons. The second kappa shape index (κ2) is 6.36. The fourth-order valence-corrected chi connectivity index (χ4v) is 5.61.